The second-order valence-electron chi connectivity index (χ2n) is 5.38. The minimum absolute atomic E-state index is 0. The van der Waals surface area contributed by atoms with Crippen LogP contribution in [0, 0.1) is 0 Å². The third-order valence-electron chi connectivity index (χ3n) is 4.07. The molecular weight excluding hydrogens is 311 g/mol. The van der Waals surface area contributed by atoms with E-state index in [4.69, 9.17) is 0 Å². The summed E-state index contributed by atoms with van der Waals surface area (Å²) in [7, 11) is -0.228. The largest absolute Gasteiger partial charge is 2.00 e. The van der Waals surface area contributed by atoms with E-state index in [0.29, 0.717) is 10.5 Å². The molecule has 0 heterocycles. The Labute approximate surface area is 152 Å². The van der Waals surface area contributed by atoms with Gasteiger partial charge in [-0.25, -0.2) is 0 Å². The number of rotatable bonds is 2. The molecule has 0 radical (unpaired) electrons. The molecule has 6 heteroatoms. The average molecular weight is 339 g/mol. The molecule has 18 heavy (non-hydrogen) atoms. The van der Waals surface area contributed by atoms with E-state index in [0.717, 1.165) is 0 Å². The van der Waals surface area contributed by atoms with Crippen LogP contribution in [0.5, 0.6) is 0 Å². The summed E-state index contributed by atoms with van der Waals surface area (Å²) >= 11 is 4.20. The first-order valence-corrected chi connectivity index (χ1v) is 11.7. The Kier molecular flexibility index (Phi) is 8.85. The molecule has 2 nitrogen and oxygen atoms in total. The summed E-state index contributed by atoms with van der Waals surface area (Å²) in [5, 5.41) is 1.10. The average Bonchev–Trinajstić information content (AvgIpc) is 2.30. The third-order valence-corrected chi connectivity index (χ3v) is 12.1. The molecule has 0 amide bonds. The van der Waals surface area contributed by atoms with Crippen molar-refractivity contribution >= 4 is 65.8 Å². The standard InChI is InChI=1S/C12H25O2PS2.Ca.2H/c13-15(14,16)17(11-7-3-1-4-8-11)12-9-5-2-6-10-12;;;/h11-14,16H,1-10H2;;;/q;+2;2*-1. The molecule has 0 saturated heterocycles. The fraction of sp³-hybridized carbons (Fsp3) is 1.00. The van der Waals surface area contributed by atoms with E-state index in [-0.39, 0.29) is 50.7 Å². The first-order valence-electron chi connectivity index (χ1n) is 6.89. The van der Waals surface area contributed by atoms with Crippen LogP contribution in [-0.4, -0.2) is 58.0 Å². The monoisotopic (exact) mass is 338 g/mol. The van der Waals surface area contributed by atoms with Gasteiger partial charge in [-0.05, 0) is 25.7 Å². The van der Waals surface area contributed by atoms with Gasteiger partial charge in [-0.15, -0.1) is 10.1 Å². The fourth-order valence-electron chi connectivity index (χ4n) is 3.29. The summed E-state index contributed by atoms with van der Waals surface area (Å²) < 4.78 is 0. The normalized spacial score (nSPS) is 24.0. The van der Waals surface area contributed by atoms with E-state index in [1.807, 2.05) is 0 Å². The maximum absolute atomic E-state index is 10.1. The van der Waals surface area contributed by atoms with Gasteiger partial charge >= 0.3 is 37.7 Å². The molecule has 2 rings (SSSR count). The van der Waals surface area contributed by atoms with Crippen molar-refractivity contribution in [3.8, 4) is 0 Å². The van der Waals surface area contributed by atoms with Crippen LogP contribution in [-0.2, 0) is 10.1 Å². The molecule has 106 valence electrons. The number of hydrogen-bond acceptors (Lipinski definition) is 0. The maximum atomic E-state index is 10.1. The first kappa shape index (κ1) is 18.4. The first-order chi connectivity index (χ1) is 8.09. The molecule has 2 saturated carbocycles. The smallest absolute Gasteiger partial charge is 1.00 e. The Bertz CT molecular complexity index is 288. The molecular formula is C12H27CaO2PS2. The number of hydrogen-bond donors (Lipinski definition) is 3. The van der Waals surface area contributed by atoms with E-state index >= 15 is 0 Å². The van der Waals surface area contributed by atoms with Crippen LogP contribution >= 0.6 is 17.9 Å². The Morgan fingerprint density at radius 1 is 0.833 bits per heavy atom. The van der Waals surface area contributed by atoms with Gasteiger partial charge in [0.1, 0.15) is 0 Å². The predicted octanol–water partition coefficient (Wildman–Crippen LogP) is 3.71. The van der Waals surface area contributed by atoms with Gasteiger partial charge in [-0.3, -0.25) is 0 Å². The van der Waals surface area contributed by atoms with Crippen molar-refractivity contribution in [1.82, 2.24) is 0 Å². The van der Waals surface area contributed by atoms with E-state index < -0.39 is 5.69 Å². The molecule has 0 aromatic rings. The van der Waals surface area contributed by atoms with Crippen molar-refractivity contribution in [3.05, 3.63) is 0 Å². The van der Waals surface area contributed by atoms with E-state index in [9.17, 15) is 9.79 Å². The molecule has 2 aliphatic rings. The zero-order valence-corrected chi connectivity index (χ0v) is 15.9. The molecule has 2 aliphatic carbocycles. The van der Waals surface area contributed by atoms with Gasteiger partial charge < -0.3 is 12.6 Å². The van der Waals surface area contributed by atoms with Crippen molar-refractivity contribution < 1.29 is 12.6 Å². The number of thiol groups is 1. The second-order valence-corrected chi connectivity index (χ2v) is 13.7. The fourth-order valence-corrected chi connectivity index (χ4v) is 12.3. The predicted molar refractivity (Wildman–Crippen MR) is 89.4 cm³/mol. The van der Waals surface area contributed by atoms with Crippen LogP contribution in [0.2, 0.25) is 0 Å². The Morgan fingerprint density at radius 3 is 1.44 bits per heavy atom. The topological polar surface area (TPSA) is 40.5 Å². The molecule has 2 fully saturated rings. The van der Waals surface area contributed by atoms with Crippen LogP contribution < -0.4 is 0 Å². The minimum Gasteiger partial charge on any atom is -1.00 e. The summed E-state index contributed by atoms with van der Waals surface area (Å²) in [5.74, 6) is 0. The Morgan fingerprint density at radius 2 is 1.17 bits per heavy atom. The molecule has 0 atom stereocenters. The van der Waals surface area contributed by atoms with Gasteiger partial charge in [0.05, 0.1) is 0 Å². The molecule has 0 aromatic carbocycles. The zero-order chi connectivity index (χ0) is 12.3. The van der Waals surface area contributed by atoms with Crippen LogP contribution in [0.25, 0.3) is 0 Å². The molecule has 0 spiro atoms. The third kappa shape index (κ3) is 5.26. The van der Waals surface area contributed by atoms with Crippen molar-refractivity contribution in [2.24, 2.45) is 0 Å². The van der Waals surface area contributed by atoms with Crippen molar-refractivity contribution in [2.75, 3.05) is 0 Å². The quantitative estimate of drug-likeness (QED) is 0.408. The van der Waals surface area contributed by atoms with Gasteiger partial charge in [0.2, 0.25) is 0 Å². The van der Waals surface area contributed by atoms with Gasteiger partial charge in [-0.1, -0.05) is 50.8 Å². The van der Waals surface area contributed by atoms with Crippen molar-refractivity contribution in [1.29, 1.82) is 0 Å². The van der Waals surface area contributed by atoms with E-state index in [1.54, 1.807) is 0 Å². The van der Waals surface area contributed by atoms with E-state index in [2.05, 4.69) is 12.2 Å². The summed E-state index contributed by atoms with van der Waals surface area (Å²) in [5.41, 5.74) is -2.94. The molecule has 0 aromatic heterocycles. The Hall–Kier alpha value is 2.31. The Balaban J connectivity index is 0. The zero-order valence-electron chi connectivity index (χ0n) is 13.1. The minimum atomic E-state index is -2.94. The van der Waals surface area contributed by atoms with Crippen LogP contribution in [0.4, 0.5) is 0 Å². The van der Waals surface area contributed by atoms with Gasteiger partial charge in [0.25, 0.3) is 0 Å². The van der Waals surface area contributed by atoms with Crippen molar-refractivity contribution in [3.63, 3.8) is 0 Å². The molecule has 0 bridgehead atoms. The van der Waals surface area contributed by atoms with Gasteiger partial charge in [-0.2, -0.15) is 0 Å². The van der Waals surface area contributed by atoms with E-state index in [1.165, 1.54) is 64.2 Å². The molecule has 2 N–H and O–H groups in total. The second kappa shape index (κ2) is 8.68. The summed E-state index contributed by atoms with van der Waals surface area (Å²) in [6.45, 7) is 0. The van der Waals surface area contributed by atoms with Crippen LogP contribution in [0.3, 0.4) is 0 Å². The summed E-state index contributed by atoms with van der Waals surface area (Å²) in [6.07, 6.45) is 12.5. The summed E-state index contributed by atoms with van der Waals surface area (Å²) in [6, 6.07) is 0. The van der Waals surface area contributed by atoms with Gasteiger partial charge in [0, 0.05) is 10.5 Å². The van der Waals surface area contributed by atoms with Crippen LogP contribution in [0.1, 0.15) is 67.1 Å². The van der Waals surface area contributed by atoms with Crippen LogP contribution in [0.15, 0.2) is 0 Å². The molecule has 0 aliphatic heterocycles. The molecule has 0 unspecified atom stereocenters. The maximum Gasteiger partial charge on any atom is 2.00 e. The van der Waals surface area contributed by atoms with Gasteiger partial charge in [0.15, 0.2) is 5.69 Å². The summed E-state index contributed by atoms with van der Waals surface area (Å²) in [4.78, 5) is 20.3. The SMILES string of the molecule is OP(O)(S)=S(C1CCCCC1)C1CCCCC1.[Ca+2].[H-].[H-]. The van der Waals surface area contributed by atoms with Crippen molar-refractivity contribution in [2.45, 2.75) is 74.7 Å².